The van der Waals surface area contributed by atoms with Crippen molar-refractivity contribution in [3.63, 3.8) is 0 Å². The van der Waals surface area contributed by atoms with Gasteiger partial charge in [-0.05, 0) is 50.3 Å². The van der Waals surface area contributed by atoms with Crippen molar-refractivity contribution < 1.29 is 4.42 Å². The SMILES string of the molecule is NCc1ccc(CN2CCC[C@H]3CCCC[C@H]32)o1. The van der Waals surface area contributed by atoms with Crippen LogP contribution in [0.4, 0.5) is 0 Å². The summed E-state index contributed by atoms with van der Waals surface area (Å²) in [5.74, 6) is 2.93. The van der Waals surface area contributed by atoms with Crippen molar-refractivity contribution in [3.05, 3.63) is 23.7 Å². The molecule has 1 aromatic heterocycles. The summed E-state index contributed by atoms with van der Waals surface area (Å²) in [6.07, 6.45) is 8.46. The second kappa shape index (κ2) is 5.45. The highest BCUT2D eigenvalue weighted by atomic mass is 16.3. The zero-order chi connectivity index (χ0) is 12.4. The number of furan rings is 1. The Morgan fingerprint density at radius 3 is 2.72 bits per heavy atom. The molecule has 1 saturated heterocycles. The maximum atomic E-state index is 5.75. The molecule has 0 spiro atoms. The first-order valence-electron chi connectivity index (χ1n) is 7.38. The minimum absolute atomic E-state index is 0.506. The molecule has 100 valence electrons. The predicted molar refractivity (Wildman–Crippen MR) is 72.0 cm³/mol. The Kier molecular flexibility index (Phi) is 3.71. The molecule has 0 radical (unpaired) electrons. The van der Waals surface area contributed by atoms with Gasteiger partial charge in [0.2, 0.25) is 0 Å². The largest absolute Gasteiger partial charge is 0.463 e. The van der Waals surface area contributed by atoms with Crippen LogP contribution in [0.15, 0.2) is 16.5 Å². The lowest BCUT2D eigenvalue weighted by molar-refractivity contribution is 0.0492. The molecule has 1 aliphatic heterocycles. The van der Waals surface area contributed by atoms with Gasteiger partial charge in [-0.3, -0.25) is 4.90 Å². The Balaban J connectivity index is 1.66. The molecule has 2 fully saturated rings. The van der Waals surface area contributed by atoms with Crippen molar-refractivity contribution in [1.82, 2.24) is 4.90 Å². The van der Waals surface area contributed by atoms with Crippen LogP contribution in [0.3, 0.4) is 0 Å². The number of nitrogens with zero attached hydrogens (tertiary/aromatic N) is 1. The molecule has 1 saturated carbocycles. The van der Waals surface area contributed by atoms with Crippen molar-refractivity contribution in [1.29, 1.82) is 0 Å². The Morgan fingerprint density at radius 2 is 1.89 bits per heavy atom. The number of nitrogens with two attached hydrogens (primary N) is 1. The van der Waals surface area contributed by atoms with Crippen molar-refractivity contribution >= 4 is 0 Å². The summed E-state index contributed by atoms with van der Waals surface area (Å²) in [5.41, 5.74) is 5.60. The predicted octanol–water partition coefficient (Wildman–Crippen LogP) is 2.89. The minimum atomic E-state index is 0.506. The number of hydrogen-bond acceptors (Lipinski definition) is 3. The molecule has 2 heterocycles. The van der Waals surface area contributed by atoms with E-state index in [1.54, 1.807) is 0 Å². The topological polar surface area (TPSA) is 42.4 Å². The maximum Gasteiger partial charge on any atom is 0.118 e. The average Bonchev–Trinajstić information content (AvgIpc) is 2.87. The number of likely N-dealkylation sites (tertiary alicyclic amines) is 1. The first kappa shape index (κ1) is 12.2. The van der Waals surface area contributed by atoms with Crippen molar-refractivity contribution in [2.24, 2.45) is 11.7 Å². The zero-order valence-electron chi connectivity index (χ0n) is 11.1. The van der Waals surface area contributed by atoms with Gasteiger partial charge < -0.3 is 10.2 Å². The Labute approximate surface area is 109 Å². The van der Waals surface area contributed by atoms with E-state index in [2.05, 4.69) is 11.0 Å². The third-order valence-electron chi connectivity index (χ3n) is 4.64. The monoisotopic (exact) mass is 248 g/mol. The summed E-state index contributed by atoms with van der Waals surface area (Å²) in [5, 5.41) is 0. The lowest BCUT2D eigenvalue weighted by Crippen LogP contribution is -2.46. The fraction of sp³-hybridized carbons (Fsp3) is 0.733. The molecule has 2 N–H and O–H groups in total. The van der Waals surface area contributed by atoms with E-state index in [1.807, 2.05) is 6.07 Å². The normalized spacial score (nSPS) is 29.2. The Bertz CT molecular complexity index is 386. The summed E-state index contributed by atoms with van der Waals surface area (Å²) in [7, 11) is 0. The third kappa shape index (κ3) is 2.47. The van der Waals surface area contributed by atoms with Crippen molar-refractivity contribution in [2.75, 3.05) is 6.54 Å². The molecule has 0 amide bonds. The van der Waals surface area contributed by atoms with E-state index < -0.39 is 0 Å². The summed E-state index contributed by atoms with van der Waals surface area (Å²) >= 11 is 0. The van der Waals surface area contributed by atoms with Crippen LogP contribution in [0.25, 0.3) is 0 Å². The molecule has 0 bridgehead atoms. The van der Waals surface area contributed by atoms with Crippen LogP contribution in [-0.4, -0.2) is 17.5 Å². The van der Waals surface area contributed by atoms with E-state index in [0.717, 1.165) is 30.0 Å². The van der Waals surface area contributed by atoms with Gasteiger partial charge in [0.1, 0.15) is 11.5 Å². The maximum absolute atomic E-state index is 5.75. The number of rotatable bonds is 3. The van der Waals surface area contributed by atoms with Gasteiger partial charge in [-0.25, -0.2) is 0 Å². The molecule has 2 aliphatic rings. The second-order valence-electron chi connectivity index (χ2n) is 5.80. The van der Waals surface area contributed by atoms with Crippen LogP contribution in [0.1, 0.15) is 50.0 Å². The van der Waals surface area contributed by atoms with Crippen LogP contribution < -0.4 is 5.73 Å². The van der Waals surface area contributed by atoms with Gasteiger partial charge in [0.15, 0.2) is 0 Å². The summed E-state index contributed by atoms with van der Waals surface area (Å²) in [6, 6.07) is 4.91. The molecule has 0 unspecified atom stereocenters. The Morgan fingerprint density at radius 1 is 1.11 bits per heavy atom. The molecular formula is C15H24N2O. The van der Waals surface area contributed by atoms with Gasteiger partial charge in [0.05, 0.1) is 13.1 Å². The molecule has 0 aromatic carbocycles. The summed E-state index contributed by atoms with van der Waals surface area (Å²) in [6.45, 7) is 2.72. The van der Waals surface area contributed by atoms with Crippen LogP contribution in [0.5, 0.6) is 0 Å². The van der Waals surface area contributed by atoms with Gasteiger partial charge in [-0.1, -0.05) is 12.8 Å². The van der Waals surface area contributed by atoms with Gasteiger partial charge in [-0.2, -0.15) is 0 Å². The average molecular weight is 248 g/mol. The zero-order valence-corrected chi connectivity index (χ0v) is 11.1. The lowest BCUT2D eigenvalue weighted by Gasteiger charge is -2.43. The molecule has 18 heavy (non-hydrogen) atoms. The molecule has 3 heteroatoms. The molecule has 1 aliphatic carbocycles. The highest BCUT2D eigenvalue weighted by Crippen LogP contribution is 2.35. The quantitative estimate of drug-likeness (QED) is 0.894. The van der Waals surface area contributed by atoms with Crippen LogP contribution in [0.2, 0.25) is 0 Å². The van der Waals surface area contributed by atoms with Gasteiger partial charge in [0, 0.05) is 6.04 Å². The molecule has 1 aromatic rings. The molecule has 3 rings (SSSR count). The molecular weight excluding hydrogens is 224 g/mol. The minimum Gasteiger partial charge on any atom is -0.463 e. The van der Waals surface area contributed by atoms with Crippen LogP contribution >= 0.6 is 0 Å². The standard InChI is InChI=1S/C15H24N2O/c16-10-13-7-8-14(18-13)11-17-9-3-5-12-4-1-2-6-15(12)17/h7-8,12,15H,1-6,9-11,16H2/t12-,15-/m1/s1. The van der Waals surface area contributed by atoms with E-state index >= 15 is 0 Å². The fourth-order valence-corrected chi connectivity index (χ4v) is 3.74. The van der Waals surface area contributed by atoms with E-state index in [0.29, 0.717) is 6.54 Å². The van der Waals surface area contributed by atoms with E-state index in [1.165, 1.54) is 45.1 Å². The number of piperidine rings is 1. The number of fused-ring (bicyclic) bond motifs is 1. The van der Waals surface area contributed by atoms with E-state index in [-0.39, 0.29) is 0 Å². The Hall–Kier alpha value is -0.800. The number of hydrogen-bond donors (Lipinski definition) is 1. The molecule has 2 atom stereocenters. The fourth-order valence-electron chi connectivity index (χ4n) is 3.74. The summed E-state index contributed by atoms with van der Waals surface area (Å²) in [4.78, 5) is 2.65. The van der Waals surface area contributed by atoms with Crippen molar-refractivity contribution in [3.8, 4) is 0 Å². The summed E-state index contributed by atoms with van der Waals surface area (Å²) < 4.78 is 5.75. The third-order valence-corrected chi connectivity index (χ3v) is 4.64. The van der Waals surface area contributed by atoms with E-state index in [9.17, 15) is 0 Å². The van der Waals surface area contributed by atoms with Gasteiger partial charge >= 0.3 is 0 Å². The highest BCUT2D eigenvalue weighted by Gasteiger charge is 2.33. The van der Waals surface area contributed by atoms with Gasteiger partial charge in [-0.15, -0.1) is 0 Å². The van der Waals surface area contributed by atoms with Crippen LogP contribution in [-0.2, 0) is 13.1 Å². The van der Waals surface area contributed by atoms with Crippen LogP contribution in [0, 0.1) is 5.92 Å². The first-order valence-corrected chi connectivity index (χ1v) is 7.38. The highest BCUT2D eigenvalue weighted by molar-refractivity contribution is 5.07. The second-order valence-corrected chi connectivity index (χ2v) is 5.80. The smallest absolute Gasteiger partial charge is 0.118 e. The van der Waals surface area contributed by atoms with Gasteiger partial charge in [0.25, 0.3) is 0 Å². The molecule has 3 nitrogen and oxygen atoms in total. The van der Waals surface area contributed by atoms with E-state index in [4.69, 9.17) is 10.2 Å². The van der Waals surface area contributed by atoms with Crippen molar-refractivity contribution in [2.45, 2.75) is 57.7 Å². The lowest BCUT2D eigenvalue weighted by atomic mass is 9.78. The first-order chi connectivity index (χ1) is 8.86.